The average Bonchev–Trinajstić information content (AvgIpc) is 1.99. The fourth-order valence-corrected chi connectivity index (χ4v) is 0.806. The summed E-state index contributed by atoms with van der Waals surface area (Å²) in [5, 5.41) is -0.0527. The van der Waals surface area contributed by atoms with Crippen molar-refractivity contribution in [3.63, 3.8) is 0 Å². The molecule has 1 aromatic rings. The zero-order valence-corrected chi connectivity index (χ0v) is 6.50. The van der Waals surface area contributed by atoms with Gasteiger partial charge in [-0.25, -0.2) is 4.98 Å². The van der Waals surface area contributed by atoms with Crippen LogP contribution in [0.4, 0.5) is 0 Å². The molecule has 58 valence electrons. The van der Waals surface area contributed by atoms with Gasteiger partial charge in [0, 0.05) is 7.05 Å². The summed E-state index contributed by atoms with van der Waals surface area (Å²) in [6, 6.07) is 0. The van der Waals surface area contributed by atoms with E-state index in [1.54, 1.807) is 0 Å². The van der Waals surface area contributed by atoms with Crippen LogP contribution in [0.1, 0.15) is 10.4 Å². The van der Waals surface area contributed by atoms with Gasteiger partial charge in [-0.2, -0.15) is 0 Å². The Balaban J connectivity index is 3.54. The zero-order valence-electron chi connectivity index (χ0n) is 5.74. The van der Waals surface area contributed by atoms with Crippen molar-refractivity contribution in [1.29, 1.82) is 0 Å². The van der Waals surface area contributed by atoms with Crippen molar-refractivity contribution in [2.45, 2.75) is 0 Å². The standard InChI is InChI=1S/C6H5ClN2O2/c1-9-3-8-5(7)4(2-10)6(9)11/h2-3H,1H3. The largest absolute Gasteiger partial charge is 0.302 e. The number of aryl methyl sites for hydroxylation is 1. The van der Waals surface area contributed by atoms with Gasteiger partial charge in [-0.05, 0) is 0 Å². The predicted molar refractivity (Wildman–Crippen MR) is 39.9 cm³/mol. The molecule has 1 aromatic heterocycles. The first-order chi connectivity index (χ1) is 5.16. The SMILES string of the molecule is Cn1cnc(Cl)c(C=O)c1=O. The normalized spacial score (nSPS) is 9.64. The molecular weight excluding hydrogens is 168 g/mol. The number of nitrogens with zero attached hydrogens (tertiary/aromatic N) is 2. The van der Waals surface area contributed by atoms with Crippen LogP contribution in [0, 0.1) is 0 Å². The molecule has 0 N–H and O–H groups in total. The van der Waals surface area contributed by atoms with E-state index in [4.69, 9.17) is 11.6 Å². The minimum absolute atomic E-state index is 0.0527. The van der Waals surface area contributed by atoms with Crippen LogP contribution in [-0.2, 0) is 7.05 Å². The fourth-order valence-electron chi connectivity index (χ4n) is 0.637. The molecule has 0 radical (unpaired) electrons. The van der Waals surface area contributed by atoms with Gasteiger partial charge in [-0.1, -0.05) is 11.6 Å². The van der Waals surface area contributed by atoms with Gasteiger partial charge in [0.2, 0.25) is 0 Å². The highest BCUT2D eigenvalue weighted by molar-refractivity contribution is 6.31. The minimum Gasteiger partial charge on any atom is -0.302 e. The number of aromatic nitrogens is 2. The van der Waals surface area contributed by atoms with Gasteiger partial charge in [0.15, 0.2) is 6.29 Å². The lowest BCUT2D eigenvalue weighted by molar-refractivity contribution is 0.112. The lowest BCUT2D eigenvalue weighted by Gasteiger charge is -1.96. The molecule has 0 unspecified atom stereocenters. The molecule has 1 rings (SSSR count). The van der Waals surface area contributed by atoms with Crippen molar-refractivity contribution in [1.82, 2.24) is 9.55 Å². The maximum atomic E-state index is 11.0. The van der Waals surface area contributed by atoms with Gasteiger partial charge in [0.25, 0.3) is 5.56 Å². The molecule has 0 saturated heterocycles. The van der Waals surface area contributed by atoms with Gasteiger partial charge in [0.05, 0.1) is 6.33 Å². The molecular formula is C6H5ClN2O2. The van der Waals surface area contributed by atoms with Crippen molar-refractivity contribution in [3.05, 3.63) is 27.4 Å². The first kappa shape index (κ1) is 7.94. The summed E-state index contributed by atoms with van der Waals surface area (Å²) < 4.78 is 1.19. The van der Waals surface area contributed by atoms with Gasteiger partial charge in [0.1, 0.15) is 10.7 Å². The summed E-state index contributed by atoms with van der Waals surface area (Å²) in [5.74, 6) is 0. The second-order valence-electron chi connectivity index (χ2n) is 1.98. The first-order valence-corrected chi connectivity index (χ1v) is 3.21. The molecule has 0 saturated carbocycles. The molecule has 0 aromatic carbocycles. The van der Waals surface area contributed by atoms with Crippen LogP contribution in [0.25, 0.3) is 0 Å². The summed E-state index contributed by atoms with van der Waals surface area (Å²) in [7, 11) is 1.50. The van der Waals surface area contributed by atoms with E-state index in [1.165, 1.54) is 17.9 Å². The Kier molecular flexibility index (Phi) is 2.05. The van der Waals surface area contributed by atoms with Crippen molar-refractivity contribution in [3.8, 4) is 0 Å². The van der Waals surface area contributed by atoms with Crippen LogP contribution >= 0.6 is 11.6 Å². The van der Waals surface area contributed by atoms with Crippen LogP contribution in [0.5, 0.6) is 0 Å². The van der Waals surface area contributed by atoms with Gasteiger partial charge in [-0.15, -0.1) is 0 Å². The maximum Gasteiger partial charge on any atom is 0.265 e. The Bertz CT molecular complexity index is 345. The molecule has 0 fully saturated rings. The van der Waals surface area contributed by atoms with Crippen molar-refractivity contribution >= 4 is 17.9 Å². The van der Waals surface area contributed by atoms with Crippen LogP contribution in [-0.4, -0.2) is 15.8 Å². The number of halogens is 1. The molecule has 1 heterocycles. The van der Waals surface area contributed by atoms with Gasteiger partial charge >= 0.3 is 0 Å². The van der Waals surface area contributed by atoms with E-state index in [-0.39, 0.29) is 10.7 Å². The fraction of sp³-hybridized carbons (Fsp3) is 0.167. The second-order valence-corrected chi connectivity index (χ2v) is 2.34. The average molecular weight is 173 g/mol. The van der Waals surface area contributed by atoms with Crippen molar-refractivity contribution < 1.29 is 4.79 Å². The van der Waals surface area contributed by atoms with E-state index >= 15 is 0 Å². The Morgan fingerprint density at radius 2 is 2.36 bits per heavy atom. The third kappa shape index (κ3) is 1.30. The second kappa shape index (κ2) is 2.84. The third-order valence-corrected chi connectivity index (χ3v) is 1.54. The summed E-state index contributed by atoms with van der Waals surface area (Å²) >= 11 is 5.45. The molecule has 0 aliphatic rings. The number of rotatable bonds is 1. The van der Waals surface area contributed by atoms with Crippen LogP contribution in [0.15, 0.2) is 11.1 Å². The van der Waals surface area contributed by atoms with E-state index in [0.29, 0.717) is 6.29 Å². The molecule has 5 heteroatoms. The van der Waals surface area contributed by atoms with Crippen LogP contribution in [0.2, 0.25) is 5.15 Å². The minimum atomic E-state index is -0.431. The predicted octanol–water partition coefficient (Wildman–Crippen LogP) is 0.246. The van der Waals surface area contributed by atoms with Crippen LogP contribution in [0.3, 0.4) is 0 Å². The Labute approximate surface area is 67.4 Å². The molecule has 0 aliphatic heterocycles. The summed E-state index contributed by atoms with van der Waals surface area (Å²) in [6.45, 7) is 0. The molecule has 0 bridgehead atoms. The zero-order chi connectivity index (χ0) is 8.43. The Hall–Kier alpha value is -1.16. The third-order valence-electron chi connectivity index (χ3n) is 1.24. The highest BCUT2D eigenvalue weighted by atomic mass is 35.5. The summed E-state index contributed by atoms with van der Waals surface area (Å²) in [5.41, 5.74) is -0.531. The van der Waals surface area contributed by atoms with E-state index in [9.17, 15) is 9.59 Å². The smallest absolute Gasteiger partial charge is 0.265 e. The lowest BCUT2D eigenvalue weighted by Crippen LogP contribution is -2.21. The maximum absolute atomic E-state index is 11.0. The first-order valence-electron chi connectivity index (χ1n) is 2.83. The van der Waals surface area contributed by atoms with Crippen molar-refractivity contribution in [2.24, 2.45) is 7.05 Å². The Morgan fingerprint density at radius 3 is 2.82 bits per heavy atom. The van der Waals surface area contributed by atoms with Crippen LogP contribution < -0.4 is 5.56 Å². The molecule has 11 heavy (non-hydrogen) atoms. The van der Waals surface area contributed by atoms with E-state index < -0.39 is 5.56 Å². The number of carbonyl (C=O) groups is 1. The quantitative estimate of drug-likeness (QED) is 0.451. The van der Waals surface area contributed by atoms with Gasteiger partial charge < -0.3 is 4.57 Å². The summed E-state index contributed by atoms with van der Waals surface area (Å²) in [4.78, 5) is 24.9. The molecule has 0 spiro atoms. The van der Waals surface area contributed by atoms with Crippen molar-refractivity contribution in [2.75, 3.05) is 0 Å². The van der Waals surface area contributed by atoms with Gasteiger partial charge in [-0.3, -0.25) is 9.59 Å². The molecule has 4 nitrogen and oxygen atoms in total. The topological polar surface area (TPSA) is 52.0 Å². The molecule has 0 atom stereocenters. The Morgan fingerprint density at radius 1 is 1.73 bits per heavy atom. The highest BCUT2D eigenvalue weighted by Crippen LogP contribution is 2.02. The molecule has 0 aliphatic carbocycles. The lowest BCUT2D eigenvalue weighted by atomic mass is 10.4. The number of hydrogen-bond donors (Lipinski definition) is 0. The number of carbonyl (C=O) groups excluding carboxylic acids is 1. The van der Waals surface area contributed by atoms with E-state index in [0.717, 1.165) is 0 Å². The van der Waals surface area contributed by atoms with E-state index in [1.807, 2.05) is 0 Å². The van der Waals surface area contributed by atoms with E-state index in [2.05, 4.69) is 4.98 Å². The number of aldehydes is 1. The monoisotopic (exact) mass is 172 g/mol. The number of hydrogen-bond acceptors (Lipinski definition) is 3. The highest BCUT2D eigenvalue weighted by Gasteiger charge is 2.05. The summed E-state index contributed by atoms with van der Waals surface area (Å²) in [6.07, 6.45) is 1.66. The molecule has 0 amide bonds.